The average molecular weight is 462 g/mol. The van der Waals surface area contributed by atoms with Crippen LogP contribution in [0, 0.1) is 11.3 Å². The number of fused-ring (bicyclic) bond motifs is 1. The number of allylic oxidation sites excluding steroid dienone is 8. The van der Waals surface area contributed by atoms with E-state index in [0.29, 0.717) is 18.3 Å². The first-order valence-electron chi connectivity index (χ1n) is 12.4. The molecule has 184 valence electrons. The molecule has 0 bridgehead atoms. The molecule has 1 aromatic heterocycles. The predicted octanol–water partition coefficient (Wildman–Crippen LogP) is 8.73. The van der Waals surface area contributed by atoms with Crippen molar-refractivity contribution >= 4 is 22.1 Å². The van der Waals surface area contributed by atoms with Gasteiger partial charge >= 0.3 is 0 Å². The second kappa shape index (κ2) is 15.1. The van der Waals surface area contributed by atoms with Gasteiger partial charge in [0.2, 0.25) is 0 Å². The fourth-order valence-electron chi connectivity index (χ4n) is 4.03. The van der Waals surface area contributed by atoms with Gasteiger partial charge in [-0.2, -0.15) is 0 Å². The molecule has 2 aromatic rings. The van der Waals surface area contributed by atoms with Crippen LogP contribution in [0.15, 0.2) is 78.7 Å². The van der Waals surface area contributed by atoms with E-state index in [-0.39, 0.29) is 11.2 Å². The van der Waals surface area contributed by atoms with E-state index in [1.54, 1.807) is 6.92 Å². The van der Waals surface area contributed by atoms with Crippen molar-refractivity contribution in [3.63, 3.8) is 0 Å². The van der Waals surface area contributed by atoms with Gasteiger partial charge < -0.3 is 4.74 Å². The van der Waals surface area contributed by atoms with E-state index in [2.05, 4.69) is 95.3 Å². The number of carbonyl (C=O) groups is 1. The van der Waals surface area contributed by atoms with Crippen LogP contribution >= 0.6 is 0 Å². The minimum Gasteiger partial charge on any atom is -0.498 e. The van der Waals surface area contributed by atoms with Crippen molar-refractivity contribution in [3.05, 3.63) is 84.4 Å². The van der Waals surface area contributed by atoms with E-state index in [1.165, 1.54) is 35.8 Å². The van der Waals surface area contributed by atoms with E-state index in [4.69, 9.17) is 9.72 Å². The van der Waals surface area contributed by atoms with Crippen LogP contribution in [0.25, 0.3) is 16.3 Å². The number of ether oxygens (including phenoxy) is 1. The maximum Gasteiger partial charge on any atom is 0.155 e. The summed E-state index contributed by atoms with van der Waals surface area (Å²) in [5.74, 6) is 1.16. The molecule has 1 aliphatic rings. The Morgan fingerprint density at radius 1 is 1.15 bits per heavy atom. The SMILES string of the molecule is CC=CC(C)(C)C1CC=CC=C1c1nccc2ccccc12.CCC.CCO/C(C)=C\C(C)=O. The summed E-state index contributed by atoms with van der Waals surface area (Å²) in [7, 11) is 0. The number of pyridine rings is 1. The van der Waals surface area contributed by atoms with Crippen molar-refractivity contribution in [2.24, 2.45) is 11.3 Å². The quantitative estimate of drug-likeness (QED) is 0.245. The first-order chi connectivity index (χ1) is 16.2. The molecule has 3 rings (SSSR count). The van der Waals surface area contributed by atoms with Crippen molar-refractivity contribution < 1.29 is 9.53 Å². The third-order valence-corrected chi connectivity index (χ3v) is 5.38. The van der Waals surface area contributed by atoms with Gasteiger partial charge in [0, 0.05) is 17.7 Å². The van der Waals surface area contributed by atoms with E-state index in [1.807, 2.05) is 13.1 Å². The van der Waals surface area contributed by atoms with E-state index >= 15 is 0 Å². The number of hydrogen-bond acceptors (Lipinski definition) is 3. The van der Waals surface area contributed by atoms with Crippen molar-refractivity contribution in [3.8, 4) is 0 Å². The largest absolute Gasteiger partial charge is 0.498 e. The Kier molecular flexibility index (Phi) is 12.9. The molecule has 0 N–H and O–H groups in total. The van der Waals surface area contributed by atoms with Crippen LogP contribution in [0.3, 0.4) is 0 Å². The minimum atomic E-state index is 0.0287. The van der Waals surface area contributed by atoms with Gasteiger partial charge in [-0.15, -0.1) is 0 Å². The molecule has 3 nitrogen and oxygen atoms in total. The highest BCUT2D eigenvalue weighted by molar-refractivity contribution is 5.93. The van der Waals surface area contributed by atoms with Crippen molar-refractivity contribution in [2.45, 2.75) is 68.2 Å². The molecule has 0 spiro atoms. The Morgan fingerprint density at radius 3 is 2.44 bits per heavy atom. The van der Waals surface area contributed by atoms with Crippen LogP contribution in [0.1, 0.15) is 73.9 Å². The Hall–Kier alpha value is -2.94. The van der Waals surface area contributed by atoms with Crippen LogP contribution in [-0.4, -0.2) is 17.4 Å². The molecule has 34 heavy (non-hydrogen) atoms. The third kappa shape index (κ3) is 9.13. The number of rotatable bonds is 6. The lowest BCUT2D eigenvalue weighted by atomic mass is 9.70. The Labute approximate surface area is 207 Å². The summed E-state index contributed by atoms with van der Waals surface area (Å²) >= 11 is 0. The normalized spacial score (nSPS) is 15.7. The highest BCUT2D eigenvalue weighted by Crippen LogP contribution is 2.43. The van der Waals surface area contributed by atoms with Crippen molar-refractivity contribution in [2.75, 3.05) is 6.61 Å². The molecule has 0 amide bonds. The molecule has 0 radical (unpaired) electrons. The van der Waals surface area contributed by atoms with E-state index < -0.39 is 0 Å². The first-order valence-corrected chi connectivity index (χ1v) is 12.4. The van der Waals surface area contributed by atoms with Gasteiger partial charge in [-0.3, -0.25) is 9.78 Å². The van der Waals surface area contributed by atoms with E-state index in [0.717, 1.165) is 12.1 Å². The zero-order valence-corrected chi connectivity index (χ0v) is 22.4. The highest BCUT2D eigenvalue weighted by Gasteiger charge is 2.31. The fraction of sp³-hybridized carbons (Fsp3) is 0.419. The van der Waals surface area contributed by atoms with Crippen LogP contribution in [-0.2, 0) is 9.53 Å². The van der Waals surface area contributed by atoms with Gasteiger partial charge in [-0.25, -0.2) is 0 Å². The number of benzene rings is 1. The lowest BCUT2D eigenvalue weighted by molar-refractivity contribution is -0.112. The van der Waals surface area contributed by atoms with Crippen molar-refractivity contribution in [1.82, 2.24) is 4.98 Å². The summed E-state index contributed by atoms with van der Waals surface area (Å²) in [4.78, 5) is 15.1. The molecular formula is C31H43NO2. The highest BCUT2D eigenvalue weighted by atomic mass is 16.5. The van der Waals surface area contributed by atoms with Crippen LogP contribution in [0.4, 0.5) is 0 Å². The number of nitrogens with zero attached hydrogens (tertiary/aromatic N) is 1. The van der Waals surface area contributed by atoms with E-state index in [9.17, 15) is 4.79 Å². The topological polar surface area (TPSA) is 39.2 Å². The standard InChI is InChI=1S/C21H23N.C7H12O2.C3H8/c1-4-14-21(2,3)19-12-8-7-11-18(19)20-17-10-6-5-9-16(17)13-15-22-20;1-4-9-7(3)5-6(2)8;1-3-2/h4-11,13-15,19H,12H2,1-3H3;5H,4H2,1-3H3;3H2,1-2H3/b;7-5-;. The molecule has 1 aromatic carbocycles. The molecule has 0 fully saturated rings. The van der Waals surface area contributed by atoms with Gasteiger partial charge in [-0.1, -0.05) is 88.8 Å². The second-order valence-electron chi connectivity index (χ2n) is 9.05. The summed E-state index contributed by atoms with van der Waals surface area (Å²) in [6, 6.07) is 10.6. The fourth-order valence-corrected chi connectivity index (χ4v) is 4.03. The molecule has 1 heterocycles. The van der Waals surface area contributed by atoms with Crippen molar-refractivity contribution in [1.29, 1.82) is 0 Å². The molecular weight excluding hydrogens is 418 g/mol. The smallest absolute Gasteiger partial charge is 0.155 e. The summed E-state index contributed by atoms with van der Waals surface area (Å²) in [5, 5.41) is 2.50. The number of ketones is 1. The van der Waals surface area contributed by atoms with Gasteiger partial charge in [-0.05, 0) is 62.5 Å². The maximum atomic E-state index is 10.4. The number of hydrogen-bond donors (Lipinski definition) is 0. The zero-order chi connectivity index (χ0) is 25.6. The molecule has 0 aliphatic heterocycles. The van der Waals surface area contributed by atoms with Gasteiger partial charge in [0.05, 0.1) is 18.1 Å². The lowest BCUT2D eigenvalue weighted by Crippen LogP contribution is -2.24. The maximum absolute atomic E-state index is 10.4. The minimum absolute atomic E-state index is 0.0287. The summed E-state index contributed by atoms with van der Waals surface area (Å²) in [5.41, 5.74) is 2.59. The first kappa shape index (κ1) is 29.1. The second-order valence-corrected chi connectivity index (χ2v) is 9.05. The number of carbonyl (C=O) groups excluding carboxylic acids is 1. The predicted molar refractivity (Wildman–Crippen MR) is 148 cm³/mol. The van der Waals surface area contributed by atoms with Gasteiger partial charge in [0.1, 0.15) is 0 Å². The van der Waals surface area contributed by atoms with Crippen LogP contribution in [0.2, 0.25) is 0 Å². The van der Waals surface area contributed by atoms with Crippen LogP contribution < -0.4 is 0 Å². The molecule has 1 aliphatic carbocycles. The van der Waals surface area contributed by atoms with Gasteiger partial charge in [0.25, 0.3) is 0 Å². The third-order valence-electron chi connectivity index (χ3n) is 5.38. The zero-order valence-electron chi connectivity index (χ0n) is 22.4. The Morgan fingerprint density at radius 2 is 1.82 bits per heavy atom. The summed E-state index contributed by atoms with van der Waals surface area (Å²) in [6.45, 7) is 16.8. The lowest BCUT2D eigenvalue weighted by Gasteiger charge is -2.34. The molecule has 0 saturated heterocycles. The number of aromatic nitrogens is 1. The van der Waals surface area contributed by atoms with Gasteiger partial charge in [0.15, 0.2) is 5.78 Å². The molecule has 1 unspecified atom stereocenters. The average Bonchev–Trinajstić information content (AvgIpc) is 2.79. The summed E-state index contributed by atoms with van der Waals surface area (Å²) < 4.78 is 4.99. The van der Waals surface area contributed by atoms with Crippen LogP contribution in [0.5, 0.6) is 0 Å². The molecule has 3 heteroatoms. The monoisotopic (exact) mass is 461 g/mol. The Balaban J connectivity index is 0.000000405. The Bertz CT molecular complexity index is 1020. The molecule has 1 atom stereocenters. The summed E-state index contributed by atoms with van der Waals surface area (Å²) in [6.07, 6.45) is 16.9. The molecule has 0 saturated carbocycles.